The Kier molecular flexibility index (Phi) is 8.29. The highest BCUT2D eigenvalue weighted by atomic mass is 16.7. The zero-order valence-corrected chi connectivity index (χ0v) is 31.7. The summed E-state index contributed by atoms with van der Waals surface area (Å²) in [6.07, 6.45) is 6.81. The lowest BCUT2D eigenvalue weighted by atomic mass is 9.41. The lowest BCUT2D eigenvalue weighted by Gasteiger charge is -2.64. The number of morpholine rings is 1. The van der Waals surface area contributed by atoms with Crippen molar-refractivity contribution in [3.63, 3.8) is 0 Å². The number of esters is 2. The van der Waals surface area contributed by atoms with Crippen LogP contribution < -0.4 is 0 Å². The molecule has 8 aliphatic rings. The van der Waals surface area contributed by atoms with Gasteiger partial charge in [0.1, 0.15) is 6.04 Å². The van der Waals surface area contributed by atoms with E-state index in [9.17, 15) is 19.8 Å². The molecule has 8 rings (SSSR count). The second-order valence-electron chi connectivity index (χ2n) is 19.6. The number of nitrogens with zero attached hydrogens (tertiary/aromatic N) is 1. The summed E-state index contributed by atoms with van der Waals surface area (Å²) in [5, 5.41) is 23.6. The third-order valence-corrected chi connectivity index (χ3v) is 16.8. The third-order valence-electron chi connectivity index (χ3n) is 16.8. The quantitative estimate of drug-likeness (QED) is 0.371. The van der Waals surface area contributed by atoms with Crippen LogP contribution in [0.1, 0.15) is 113 Å². The van der Waals surface area contributed by atoms with Crippen LogP contribution in [0.4, 0.5) is 0 Å². The number of fused-ring (bicyclic) bond motifs is 4. The number of rotatable bonds is 6. The molecular formula is C40H63NO9. The fourth-order valence-corrected chi connectivity index (χ4v) is 14.6. The van der Waals surface area contributed by atoms with Gasteiger partial charge in [-0.2, -0.15) is 0 Å². The van der Waals surface area contributed by atoms with Gasteiger partial charge in [0.05, 0.1) is 49.8 Å². The van der Waals surface area contributed by atoms with E-state index in [1.165, 1.54) is 19.8 Å². The minimum absolute atomic E-state index is 0.0255. The molecule has 282 valence electrons. The first kappa shape index (κ1) is 35.7. The molecule has 0 aromatic carbocycles. The Labute approximate surface area is 298 Å². The van der Waals surface area contributed by atoms with Crippen LogP contribution >= 0.6 is 0 Å². The van der Waals surface area contributed by atoms with Crippen molar-refractivity contribution in [2.45, 2.75) is 162 Å². The Bertz CT molecular complexity index is 1380. The summed E-state index contributed by atoms with van der Waals surface area (Å²) < 4.78 is 30.8. The lowest BCUT2D eigenvalue weighted by molar-refractivity contribution is -0.250. The van der Waals surface area contributed by atoms with Crippen LogP contribution in [0.5, 0.6) is 0 Å². The Hall–Kier alpha value is -1.30. The van der Waals surface area contributed by atoms with Crippen LogP contribution in [-0.4, -0.2) is 102 Å². The normalized spacial score (nSPS) is 51.7. The highest BCUT2D eigenvalue weighted by molar-refractivity contribution is 5.77. The molecule has 5 aliphatic carbocycles. The number of ether oxygens (including phenoxy) is 5. The predicted molar refractivity (Wildman–Crippen MR) is 184 cm³/mol. The van der Waals surface area contributed by atoms with Gasteiger partial charge >= 0.3 is 11.9 Å². The SMILES string of the molecule is CC(=O)O[C@@H](C1C[C@@H](C)C2[C@H](O1)[C@H](O)[C@@]1(C)C3CC[C@H]4C(C)(C)[C@@H](O[C@H]5CN([C@@H]6CCOC6=O)CCO5)CC[C@@]45C[C@@]35CC[C@]21C)C(C)(C)O. The van der Waals surface area contributed by atoms with Gasteiger partial charge in [0.2, 0.25) is 0 Å². The summed E-state index contributed by atoms with van der Waals surface area (Å²) in [7, 11) is 0. The zero-order valence-electron chi connectivity index (χ0n) is 31.7. The number of hydrogen-bond acceptors (Lipinski definition) is 10. The van der Waals surface area contributed by atoms with E-state index >= 15 is 0 Å². The standard InChI is InChI=1S/C40H63NO9/c1-22-19-25(33(36(5,6)45)48-23(2)42)49-31-30(22)37(7)14-15-40-21-39(40)13-11-28(35(3,4)26(39)9-10-27(40)38(37,8)32(31)43)50-29-20-41(16-18-46-29)24-12-17-47-34(24)44/h22,24-33,43,45H,9-21H2,1-8H3/t22-,24-,25?,26+,27?,28+,29+,30?,31+,32+,33+,37-,38-,39-,40+/m1/s1. The molecule has 2 spiro atoms. The average Bonchev–Trinajstić information content (AvgIpc) is 3.44. The van der Waals surface area contributed by atoms with Crippen molar-refractivity contribution < 1.29 is 43.5 Å². The van der Waals surface area contributed by atoms with Gasteiger partial charge < -0.3 is 33.9 Å². The Balaban J connectivity index is 1.02. The van der Waals surface area contributed by atoms with Crippen molar-refractivity contribution in [1.82, 2.24) is 4.90 Å². The first-order chi connectivity index (χ1) is 23.4. The number of hydrogen-bond donors (Lipinski definition) is 2. The second kappa shape index (κ2) is 11.6. The van der Waals surface area contributed by atoms with E-state index in [4.69, 9.17) is 23.7 Å². The van der Waals surface area contributed by atoms with Crippen molar-refractivity contribution in [1.29, 1.82) is 0 Å². The molecule has 10 heteroatoms. The molecule has 0 bridgehead atoms. The Morgan fingerprint density at radius 2 is 1.74 bits per heavy atom. The van der Waals surface area contributed by atoms with Gasteiger partial charge in [-0.05, 0) is 111 Å². The van der Waals surface area contributed by atoms with E-state index in [0.29, 0.717) is 38.0 Å². The molecule has 3 saturated heterocycles. The molecule has 8 fully saturated rings. The molecule has 2 N–H and O–H groups in total. The van der Waals surface area contributed by atoms with E-state index in [1.807, 2.05) is 0 Å². The maximum atomic E-state index is 12.6. The summed E-state index contributed by atoms with van der Waals surface area (Å²) in [5.74, 6) is 0.853. The van der Waals surface area contributed by atoms with Gasteiger partial charge in [-0.3, -0.25) is 14.5 Å². The number of aliphatic hydroxyl groups is 2. The van der Waals surface area contributed by atoms with Crippen molar-refractivity contribution in [2.75, 3.05) is 26.3 Å². The zero-order chi connectivity index (χ0) is 35.8. The minimum atomic E-state index is -1.27. The molecule has 5 saturated carbocycles. The highest BCUT2D eigenvalue weighted by Gasteiger charge is 2.84. The Morgan fingerprint density at radius 3 is 2.42 bits per heavy atom. The van der Waals surface area contributed by atoms with Gasteiger partial charge in [0, 0.05) is 25.3 Å². The first-order valence-electron chi connectivity index (χ1n) is 19.8. The third kappa shape index (κ3) is 4.79. The van der Waals surface area contributed by atoms with Gasteiger partial charge in [-0.25, -0.2) is 0 Å². The fourth-order valence-electron chi connectivity index (χ4n) is 14.6. The predicted octanol–water partition coefficient (Wildman–Crippen LogP) is 4.86. The highest BCUT2D eigenvalue weighted by Crippen LogP contribution is 2.89. The van der Waals surface area contributed by atoms with Crippen LogP contribution in [0.3, 0.4) is 0 Å². The van der Waals surface area contributed by atoms with Crippen molar-refractivity contribution in [3.05, 3.63) is 0 Å². The van der Waals surface area contributed by atoms with Gasteiger partial charge in [0.25, 0.3) is 0 Å². The monoisotopic (exact) mass is 701 g/mol. The van der Waals surface area contributed by atoms with Gasteiger partial charge in [0.15, 0.2) is 12.4 Å². The van der Waals surface area contributed by atoms with Crippen LogP contribution in [0.25, 0.3) is 0 Å². The molecule has 10 nitrogen and oxygen atoms in total. The first-order valence-corrected chi connectivity index (χ1v) is 19.8. The number of aliphatic hydroxyl groups excluding tert-OH is 1. The summed E-state index contributed by atoms with van der Waals surface area (Å²) >= 11 is 0. The van der Waals surface area contributed by atoms with Crippen LogP contribution in [0.15, 0.2) is 0 Å². The Morgan fingerprint density at radius 1 is 1.02 bits per heavy atom. The molecule has 0 aromatic rings. The van der Waals surface area contributed by atoms with Crippen LogP contribution in [-0.2, 0) is 33.3 Å². The topological polar surface area (TPSA) is 124 Å². The second-order valence-corrected chi connectivity index (χ2v) is 19.6. The largest absolute Gasteiger partial charge is 0.464 e. The van der Waals surface area contributed by atoms with Gasteiger partial charge in [-0.15, -0.1) is 0 Å². The van der Waals surface area contributed by atoms with E-state index in [1.54, 1.807) is 13.8 Å². The fraction of sp³-hybridized carbons (Fsp3) is 0.950. The minimum Gasteiger partial charge on any atom is -0.464 e. The maximum Gasteiger partial charge on any atom is 0.323 e. The average molecular weight is 702 g/mol. The molecule has 0 aromatic heterocycles. The van der Waals surface area contributed by atoms with E-state index < -0.39 is 29.9 Å². The molecule has 3 heterocycles. The molecule has 0 radical (unpaired) electrons. The van der Waals surface area contributed by atoms with E-state index in [0.717, 1.165) is 45.1 Å². The van der Waals surface area contributed by atoms with Crippen molar-refractivity contribution in [3.8, 4) is 0 Å². The molecule has 15 atom stereocenters. The van der Waals surface area contributed by atoms with Crippen molar-refractivity contribution in [2.24, 2.45) is 50.7 Å². The summed E-state index contributed by atoms with van der Waals surface area (Å²) in [6, 6.07) is -0.182. The van der Waals surface area contributed by atoms with Gasteiger partial charge in [-0.1, -0.05) is 34.6 Å². The van der Waals surface area contributed by atoms with Crippen LogP contribution in [0, 0.1) is 50.7 Å². The van der Waals surface area contributed by atoms with Crippen molar-refractivity contribution >= 4 is 11.9 Å². The number of carbonyl (C=O) groups excluding carboxylic acids is 2. The molecule has 50 heavy (non-hydrogen) atoms. The molecular weight excluding hydrogens is 638 g/mol. The summed E-state index contributed by atoms with van der Waals surface area (Å²) in [4.78, 5) is 26.6. The van der Waals surface area contributed by atoms with E-state index in [2.05, 4.69) is 39.5 Å². The number of cyclic esters (lactones) is 1. The smallest absolute Gasteiger partial charge is 0.323 e. The maximum absolute atomic E-state index is 12.6. The molecule has 3 unspecified atom stereocenters. The lowest BCUT2D eigenvalue weighted by Crippen LogP contribution is -2.60. The molecule has 3 aliphatic heterocycles. The summed E-state index contributed by atoms with van der Waals surface area (Å²) in [5.41, 5.74) is -1.19. The molecule has 0 amide bonds. The number of carbonyl (C=O) groups is 2. The van der Waals surface area contributed by atoms with Crippen LogP contribution in [0.2, 0.25) is 0 Å². The van der Waals surface area contributed by atoms with E-state index in [-0.39, 0.29) is 69.4 Å². The summed E-state index contributed by atoms with van der Waals surface area (Å²) in [6.45, 7) is 19.1.